The lowest BCUT2D eigenvalue weighted by atomic mass is 10.2. The molecule has 1 rings (SSSR count). The maximum absolute atomic E-state index is 4.89. The zero-order chi connectivity index (χ0) is 11.1. The molecular weight excluding hydrogens is 198 g/mol. The molecule has 1 aromatic rings. The smallest absolute Gasteiger partial charge is 0.180 e. The fraction of sp³-hybridized carbons (Fsp3) is 0.462. The number of nitrogens with zero attached hydrogens (tertiary/aromatic N) is 1. The summed E-state index contributed by atoms with van der Waals surface area (Å²) in [6.45, 7) is 6.84. The minimum absolute atomic E-state index is 1.23. The predicted molar refractivity (Wildman–Crippen MR) is 71.2 cm³/mol. The molecule has 0 fully saturated rings. The lowest BCUT2D eigenvalue weighted by Crippen LogP contribution is -2.29. The maximum atomic E-state index is 4.89. The van der Waals surface area contributed by atoms with E-state index in [2.05, 4.69) is 51.3 Å². The summed E-state index contributed by atoms with van der Waals surface area (Å²) >= 11 is 0. The van der Waals surface area contributed by atoms with E-state index in [4.69, 9.17) is 4.66 Å². The second-order valence-electron chi connectivity index (χ2n) is 3.95. The second-order valence-corrected chi connectivity index (χ2v) is 8.78. The summed E-state index contributed by atoms with van der Waals surface area (Å²) < 4.78 is 4.89. The first-order valence-electron chi connectivity index (χ1n) is 5.86. The Morgan fingerprint density at radius 2 is 1.53 bits per heavy atom. The van der Waals surface area contributed by atoms with Crippen molar-refractivity contribution in [2.75, 3.05) is 0 Å². The first kappa shape index (κ1) is 12.2. The summed E-state index contributed by atoms with van der Waals surface area (Å²) in [7, 11) is -1.33. The zero-order valence-electron chi connectivity index (χ0n) is 10.0. The molecule has 0 unspecified atom stereocenters. The fourth-order valence-electron chi connectivity index (χ4n) is 1.77. The highest BCUT2D eigenvalue weighted by atomic mass is 28.3. The molecule has 82 valence electrons. The van der Waals surface area contributed by atoms with E-state index in [1.807, 2.05) is 6.07 Å². The molecule has 0 amide bonds. The van der Waals surface area contributed by atoms with Crippen LogP contribution in [0.15, 0.2) is 35.0 Å². The van der Waals surface area contributed by atoms with Crippen molar-refractivity contribution in [2.45, 2.75) is 38.9 Å². The van der Waals surface area contributed by atoms with Gasteiger partial charge in [-0.15, -0.1) is 0 Å². The second kappa shape index (κ2) is 5.86. The van der Waals surface area contributed by atoms with E-state index in [1.54, 1.807) is 0 Å². The average molecular weight is 219 g/mol. The molecule has 0 aliphatic carbocycles. The van der Waals surface area contributed by atoms with Gasteiger partial charge < -0.3 is 4.66 Å². The summed E-state index contributed by atoms with van der Waals surface area (Å²) in [6, 6.07) is 14.2. The summed E-state index contributed by atoms with van der Waals surface area (Å²) in [5.74, 6) is 0. The van der Waals surface area contributed by atoms with Crippen LogP contribution in [0.5, 0.6) is 0 Å². The van der Waals surface area contributed by atoms with E-state index >= 15 is 0 Å². The molecule has 0 saturated carbocycles. The standard InChI is InChI=1S/C13H21NSi/c1-4-15(5-2,6-3)14-12-13-10-8-7-9-11-13/h7-12H,4-6H2,1-3H3. The minimum atomic E-state index is -1.33. The number of hydrogen-bond acceptors (Lipinski definition) is 1. The van der Waals surface area contributed by atoms with E-state index in [1.165, 1.54) is 23.7 Å². The molecule has 0 aliphatic heterocycles. The van der Waals surface area contributed by atoms with Crippen LogP contribution in [0.2, 0.25) is 18.1 Å². The molecule has 0 heterocycles. The van der Waals surface area contributed by atoms with Crippen molar-refractivity contribution in [3.63, 3.8) is 0 Å². The molecule has 0 saturated heterocycles. The normalized spacial score (nSPS) is 12.2. The molecule has 0 bridgehead atoms. The topological polar surface area (TPSA) is 12.4 Å². The molecule has 0 aliphatic rings. The van der Waals surface area contributed by atoms with Gasteiger partial charge in [0.2, 0.25) is 0 Å². The Morgan fingerprint density at radius 1 is 1.00 bits per heavy atom. The van der Waals surface area contributed by atoms with Gasteiger partial charge in [-0.3, -0.25) is 0 Å². The Morgan fingerprint density at radius 3 is 2.00 bits per heavy atom. The van der Waals surface area contributed by atoms with Crippen LogP contribution in [-0.2, 0) is 0 Å². The fourth-order valence-corrected chi connectivity index (χ4v) is 4.25. The monoisotopic (exact) mass is 219 g/mol. The van der Waals surface area contributed by atoms with Gasteiger partial charge >= 0.3 is 0 Å². The SMILES string of the molecule is CC[Si](CC)(CC)N=Cc1ccccc1. The van der Waals surface area contributed by atoms with Gasteiger partial charge in [0.1, 0.15) is 0 Å². The molecule has 0 atom stereocenters. The summed E-state index contributed by atoms with van der Waals surface area (Å²) in [5.41, 5.74) is 1.23. The maximum Gasteiger partial charge on any atom is 0.180 e. The van der Waals surface area contributed by atoms with Crippen LogP contribution in [0.4, 0.5) is 0 Å². The van der Waals surface area contributed by atoms with Crippen LogP contribution in [0.1, 0.15) is 26.3 Å². The van der Waals surface area contributed by atoms with Gasteiger partial charge in [-0.1, -0.05) is 51.1 Å². The van der Waals surface area contributed by atoms with Gasteiger partial charge in [0, 0.05) is 6.21 Å². The van der Waals surface area contributed by atoms with E-state index in [9.17, 15) is 0 Å². The van der Waals surface area contributed by atoms with E-state index in [0.29, 0.717) is 0 Å². The Balaban J connectivity index is 2.79. The Kier molecular flexibility index (Phi) is 4.76. The van der Waals surface area contributed by atoms with Crippen LogP contribution in [0.25, 0.3) is 0 Å². The van der Waals surface area contributed by atoms with E-state index in [-0.39, 0.29) is 0 Å². The van der Waals surface area contributed by atoms with Crippen molar-refractivity contribution in [3.05, 3.63) is 35.9 Å². The lowest BCUT2D eigenvalue weighted by molar-refractivity contribution is 1.15. The molecule has 2 heteroatoms. The quantitative estimate of drug-likeness (QED) is 0.522. The molecule has 1 aromatic carbocycles. The minimum Gasteiger partial charge on any atom is -0.328 e. The van der Waals surface area contributed by atoms with Crippen molar-refractivity contribution >= 4 is 14.5 Å². The molecule has 0 spiro atoms. The summed E-state index contributed by atoms with van der Waals surface area (Å²) in [6.07, 6.45) is 2.07. The van der Waals surface area contributed by atoms with E-state index in [0.717, 1.165) is 0 Å². The first-order valence-corrected chi connectivity index (χ1v) is 8.43. The Hall–Kier alpha value is -0.893. The summed E-state index contributed by atoms with van der Waals surface area (Å²) in [5, 5.41) is 0. The van der Waals surface area contributed by atoms with Crippen LogP contribution in [0.3, 0.4) is 0 Å². The van der Waals surface area contributed by atoms with Gasteiger partial charge in [-0.05, 0) is 23.7 Å². The molecule has 0 aromatic heterocycles. The van der Waals surface area contributed by atoms with Crippen LogP contribution >= 0.6 is 0 Å². The number of hydrogen-bond donors (Lipinski definition) is 0. The van der Waals surface area contributed by atoms with Crippen molar-refractivity contribution in [2.24, 2.45) is 4.66 Å². The molecule has 1 nitrogen and oxygen atoms in total. The largest absolute Gasteiger partial charge is 0.328 e. The predicted octanol–water partition coefficient (Wildman–Crippen LogP) is 4.11. The third-order valence-corrected chi connectivity index (χ3v) is 7.89. The van der Waals surface area contributed by atoms with Gasteiger partial charge in [-0.2, -0.15) is 0 Å². The number of rotatable bonds is 5. The highest BCUT2D eigenvalue weighted by Crippen LogP contribution is 2.21. The third-order valence-electron chi connectivity index (χ3n) is 3.26. The highest BCUT2D eigenvalue weighted by Gasteiger charge is 2.25. The lowest BCUT2D eigenvalue weighted by Gasteiger charge is -2.21. The average Bonchev–Trinajstić information content (AvgIpc) is 2.33. The molecule has 0 N–H and O–H groups in total. The zero-order valence-corrected chi connectivity index (χ0v) is 11.0. The van der Waals surface area contributed by atoms with Gasteiger partial charge in [0.05, 0.1) is 0 Å². The van der Waals surface area contributed by atoms with Crippen molar-refractivity contribution in [3.8, 4) is 0 Å². The van der Waals surface area contributed by atoms with Crippen molar-refractivity contribution in [1.29, 1.82) is 0 Å². The molecule has 0 radical (unpaired) electrons. The Bertz CT molecular complexity index is 293. The van der Waals surface area contributed by atoms with Gasteiger partial charge in [0.25, 0.3) is 0 Å². The first-order chi connectivity index (χ1) is 7.26. The Labute approximate surface area is 94.3 Å². The summed E-state index contributed by atoms with van der Waals surface area (Å²) in [4.78, 5) is 0. The van der Waals surface area contributed by atoms with Crippen molar-refractivity contribution < 1.29 is 0 Å². The van der Waals surface area contributed by atoms with Crippen LogP contribution in [0, 0.1) is 0 Å². The van der Waals surface area contributed by atoms with Crippen molar-refractivity contribution in [1.82, 2.24) is 0 Å². The third kappa shape index (κ3) is 3.31. The van der Waals surface area contributed by atoms with Gasteiger partial charge in [-0.25, -0.2) is 0 Å². The molecule has 15 heavy (non-hydrogen) atoms. The van der Waals surface area contributed by atoms with E-state index < -0.39 is 8.24 Å². The highest BCUT2D eigenvalue weighted by molar-refractivity contribution is 6.78. The van der Waals surface area contributed by atoms with Gasteiger partial charge in [0.15, 0.2) is 8.24 Å². The van der Waals surface area contributed by atoms with Crippen LogP contribution < -0.4 is 0 Å². The number of benzene rings is 1. The van der Waals surface area contributed by atoms with Crippen LogP contribution in [-0.4, -0.2) is 14.5 Å². The molecular formula is C13H21NSi.